The van der Waals surface area contributed by atoms with Crippen LogP contribution in [0.4, 0.5) is 26.2 Å². The monoisotopic (exact) mass is 505 g/mol. The van der Waals surface area contributed by atoms with Gasteiger partial charge in [0.05, 0.1) is 17.1 Å². The molecule has 1 aliphatic rings. The third kappa shape index (κ3) is 7.49. The first-order chi connectivity index (χ1) is 16.6. The van der Waals surface area contributed by atoms with E-state index in [4.69, 9.17) is 16.3 Å². The van der Waals surface area contributed by atoms with Crippen molar-refractivity contribution in [2.45, 2.75) is 65.0 Å². The van der Waals surface area contributed by atoms with Gasteiger partial charge in [-0.15, -0.1) is 0 Å². The van der Waals surface area contributed by atoms with Crippen LogP contribution in [0, 0.1) is 11.7 Å². The van der Waals surface area contributed by atoms with Gasteiger partial charge in [0.1, 0.15) is 11.6 Å². The zero-order chi connectivity index (χ0) is 25.5. The second kappa shape index (κ2) is 12.1. The minimum Gasteiger partial charge on any atom is -0.479 e. The third-order valence-corrected chi connectivity index (χ3v) is 6.18. The second-order valence-corrected chi connectivity index (χ2v) is 9.76. The lowest BCUT2D eigenvalue weighted by Gasteiger charge is -2.38. The molecule has 7 nitrogen and oxygen atoms in total. The highest BCUT2D eigenvalue weighted by molar-refractivity contribution is 6.30. The van der Waals surface area contributed by atoms with E-state index < -0.39 is 23.9 Å². The number of amides is 2. The summed E-state index contributed by atoms with van der Waals surface area (Å²) in [4.78, 5) is 26.4. The number of hydrogen-bond acceptors (Lipinski definition) is 4. The molecule has 1 fully saturated rings. The van der Waals surface area contributed by atoms with Crippen LogP contribution in [0.1, 0.15) is 52.9 Å². The van der Waals surface area contributed by atoms with E-state index in [9.17, 15) is 19.1 Å². The van der Waals surface area contributed by atoms with Crippen LogP contribution >= 0.6 is 11.6 Å². The number of nitrogens with one attached hydrogen (secondary N) is 2. The number of hydrogen-bond donors (Lipinski definition) is 3. The highest BCUT2D eigenvalue weighted by Crippen LogP contribution is 2.36. The molecule has 35 heavy (non-hydrogen) atoms. The molecule has 0 radical (unpaired) electrons. The van der Waals surface area contributed by atoms with Crippen molar-refractivity contribution in [3.8, 4) is 5.75 Å². The van der Waals surface area contributed by atoms with Gasteiger partial charge >= 0.3 is 12.0 Å². The first-order valence-electron chi connectivity index (χ1n) is 12.0. The molecule has 0 saturated heterocycles. The van der Waals surface area contributed by atoms with E-state index in [2.05, 4.69) is 29.4 Å². The Morgan fingerprint density at radius 2 is 1.77 bits per heavy atom. The van der Waals surface area contributed by atoms with E-state index in [0.717, 1.165) is 44.0 Å². The predicted molar refractivity (Wildman–Crippen MR) is 137 cm³/mol. The number of rotatable bonds is 9. The summed E-state index contributed by atoms with van der Waals surface area (Å²) < 4.78 is 19.8. The maximum atomic E-state index is 14.2. The number of halogens is 2. The van der Waals surface area contributed by atoms with E-state index in [1.807, 2.05) is 6.07 Å². The Bertz CT molecular complexity index is 1040. The molecule has 3 rings (SSSR count). The van der Waals surface area contributed by atoms with E-state index in [-0.39, 0.29) is 10.7 Å². The molecule has 1 aliphatic carbocycles. The fourth-order valence-corrected chi connectivity index (χ4v) is 4.45. The molecule has 190 valence electrons. The van der Waals surface area contributed by atoms with Crippen molar-refractivity contribution in [3.63, 3.8) is 0 Å². The van der Waals surface area contributed by atoms with Gasteiger partial charge in [0.15, 0.2) is 6.10 Å². The van der Waals surface area contributed by atoms with Crippen molar-refractivity contribution < 1.29 is 23.8 Å². The zero-order valence-corrected chi connectivity index (χ0v) is 21.1. The lowest BCUT2D eigenvalue weighted by molar-refractivity contribution is -0.144. The van der Waals surface area contributed by atoms with Gasteiger partial charge in [0, 0.05) is 23.7 Å². The van der Waals surface area contributed by atoms with Crippen LogP contribution in [0.3, 0.4) is 0 Å². The maximum Gasteiger partial charge on any atom is 0.344 e. The van der Waals surface area contributed by atoms with Gasteiger partial charge < -0.3 is 25.4 Å². The summed E-state index contributed by atoms with van der Waals surface area (Å²) >= 11 is 5.81. The molecule has 0 aromatic heterocycles. The van der Waals surface area contributed by atoms with Crippen molar-refractivity contribution in [1.29, 1.82) is 0 Å². The van der Waals surface area contributed by atoms with E-state index in [1.165, 1.54) is 25.5 Å². The number of carboxylic acid groups (broad SMARTS) is 1. The fourth-order valence-electron chi connectivity index (χ4n) is 4.29. The summed E-state index contributed by atoms with van der Waals surface area (Å²) in [7, 11) is 0. The second-order valence-electron chi connectivity index (χ2n) is 9.32. The number of carboxylic acids is 1. The molecule has 1 unspecified atom stereocenters. The van der Waals surface area contributed by atoms with Gasteiger partial charge in [-0.1, -0.05) is 44.7 Å². The van der Waals surface area contributed by atoms with E-state index in [1.54, 1.807) is 12.1 Å². The minimum absolute atomic E-state index is 0.00771. The highest BCUT2D eigenvalue weighted by Gasteiger charge is 2.25. The van der Waals surface area contributed by atoms with Gasteiger partial charge in [-0.25, -0.2) is 14.0 Å². The molecule has 0 spiro atoms. The molecular formula is C26H33ClFN3O4. The lowest BCUT2D eigenvalue weighted by atomic mass is 9.93. The van der Waals surface area contributed by atoms with Crippen molar-refractivity contribution in [1.82, 2.24) is 0 Å². The van der Waals surface area contributed by atoms with Gasteiger partial charge in [-0.3, -0.25) is 0 Å². The molecule has 2 aromatic carbocycles. The fraction of sp³-hybridized carbons (Fsp3) is 0.462. The number of nitrogens with zero attached hydrogens (tertiary/aromatic N) is 1. The summed E-state index contributed by atoms with van der Waals surface area (Å²) in [6.07, 6.45) is 4.57. The summed E-state index contributed by atoms with van der Waals surface area (Å²) in [6, 6.07) is 8.87. The highest BCUT2D eigenvalue weighted by atomic mass is 35.5. The van der Waals surface area contributed by atoms with Gasteiger partial charge in [0.2, 0.25) is 0 Å². The lowest BCUT2D eigenvalue weighted by Crippen LogP contribution is -2.40. The summed E-state index contributed by atoms with van der Waals surface area (Å²) in [5.41, 5.74) is 1.26. The summed E-state index contributed by atoms with van der Waals surface area (Å²) in [5.74, 6) is -1.05. The maximum absolute atomic E-state index is 14.2. The molecule has 0 heterocycles. The zero-order valence-electron chi connectivity index (χ0n) is 20.3. The molecule has 3 N–H and O–H groups in total. The Kier molecular flexibility index (Phi) is 9.20. The van der Waals surface area contributed by atoms with Crippen molar-refractivity contribution in [2.75, 3.05) is 22.1 Å². The van der Waals surface area contributed by atoms with Crippen molar-refractivity contribution in [3.05, 3.63) is 47.2 Å². The van der Waals surface area contributed by atoms with Crippen LogP contribution in [-0.4, -0.2) is 35.8 Å². The Morgan fingerprint density at radius 3 is 2.40 bits per heavy atom. The number of urea groups is 1. The molecule has 0 aliphatic heterocycles. The Labute approximate surface area is 210 Å². The smallest absolute Gasteiger partial charge is 0.344 e. The first kappa shape index (κ1) is 26.6. The molecular weight excluding hydrogens is 473 g/mol. The standard InChI is InChI=1S/C26H33ClFN3O4/c1-16(2)15-31(19-7-5-4-6-8-19)24-12-10-20(35-17(3)25(32)33)14-23(24)30-26(34)29-22-11-9-18(27)13-21(22)28/h9-14,16-17,19H,4-8,15H2,1-3H3,(H,32,33)(H2,29,30,34). The minimum atomic E-state index is -1.09. The number of aliphatic carboxylic acids is 1. The van der Waals surface area contributed by atoms with Crippen LogP contribution in [0.2, 0.25) is 5.02 Å². The van der Waals surface area contributed by atoms with Crippen molar-refractivity contribution in [2.24, 2.45) is 5.92 Å². The Hall–Kier alpha value is -3.00. The molecule has 0 bridgehead atoms. The molecule has 1 atom stereocenters. The quantitative estimate of drug-likeness (QED) is 0.350. The number of benzene rings is 2. The van der Waals surface area contributed by atoms with E-state index >= 15 is 0 Å². The van der Waals surface area contributed by atoms with Crippen molar-refractivity contribution >= 4 is 40.7 Å². The number of carbonyl (C=O) groups is 2. The molecule has 9 heteroatoms. The van der Waals surface area contributed by atoms with Crippen LogP contribution in [-0.2, 0) is 4.79 Å². The topological polar surface area (TPSA) is 90.9 Å². The SMILES string of the molecule is CC(C)CN(c1ccc(OC(C)C(=O)O)cc1NC(=O)Nc1ccc(Cl)cc1F)C1CCCCC1. The summed E-state index contributed by atoms with van der Waals surface area (Å²) in [6.45, 7) is 6.51. The number of carbonyl (C=O) groups excluding carboxylic acids is 1. The third-order valence-electron chi connectivity index (χ3n) is 5.94. The van der Waals surface area contributed by atoms with Crippen LogP contribution in [0.5, 0.6) is 5.75 Å². The van der Waals surface area contributed by atoms with Crippen LogP contribution in [0.25, 0.3) is 0 Å². The number of ether oxygens (including phenoxy) is 1. The predicted octanol–water partition coefficient (Wildman–Crippen LogP) is 6.77. The molecule has 2 amide bonds. The average molecular weight is 506 g/mol. The molecule has 1 saturated carbocycles. The Balaban J connectivity index is 1.93. The molecule has 2 aromatic rings. The summed E-state index contributed by atoms with van der Waals surface area (Å²) in [5, 5.41) is 14.8. The van der Waals surface area contributed by atoms with Gasteiger partial charge in [-0.05, 0) is 56.0 Å². The van der Waals surface area contributed by atoms with Crippen LogP contribution in [0.15, 0.2) is 36.4 Å². The van der Waals surface area contributed by atoms with Gasteiger partial charge in [0.25, 0.3) is 0 Å². The van der Waals surface area contributed by atoms with Gasteiger partial charge in [-0.2, -0.15) is 0 Å². The first-order valence-corrected chi connectivity index (χ1v) is 12.3. The Morgan fingerprint density at radius 1 is 1.09 bits per heavy atom. The average Bonchev–Trinajstić information content (AvgIpc) is 2.80. The largest absolute Gasteiger partial charge is 0.479 e. The normalized spacial score (nSPS) is 14.9. The van der Waals surface area contributed by atoms with Crippen LogP contribution < -0.4 is 20.3 Å². The van der Waals surface area contributed by atoms with E-state index in [0.29, 0.717) is 23.4 Å². The number of anilines is 3.